The molecule has 0 saturated heterocycles. The Morgan fingerprint density at radius 1 is 1.39 bits per heavy atom. The summed E-state index contributed by atoms with van der Waals surface area (Å²) in [5, 5.41) is 5.65. The van der Waals surface area contributed by atoms with E-state index in [0.29, 0.717) is 18.0 Å². The minimum absolute atomic E-state index is 0.0675. The number of rotatable bonds is 6. The van der Waals surface area contributed by atoms with Crippen LogP contribution in [0, 0.1) is 0 Å². The summed E-state index contributed by atoms with van der Waals surface area (Å²) in [6, 6.07) is 3.56. The molecule has 18 heavy (non-hydrogen) atoms. The molecule has 2 amide bonds. The first-order valence-electron chi connectivity index (χ1n) is 5.46. The molecule has 0 radical (unpaired) electrons. The van der Waals surface area contributed by atoms with Crippen molar-refractivity contribution in [1.82, 2.24) is 15.5 Å². The van der Waals surface area contributed by atoms with Crippen LogP contribution in [0.4, 0.5) is 0 Å². The average molecular weight is 334 g/mol. The highest BCUT2D eigenvalue weighted by molar-refractivity contribution is 9.11. The molecule has 2 N–H and O–H groups in total. The number of nitrogens with one attached hydrogen (secondary N) is 2. The summed E-state index contributed by atoms with van der Waals surface area (Å²) in [5.41, 5.74) is 0. The fraction of sp³-hybridized carbons (Fsp3) is 0.455. The molecule has 0 aliphatic heterocycles. The number of carbonyl (C=O) groups excluding carboxylic acids is 2. The van der Waals surface area contributed by atoms with Crippen LogP contribution in [0.25, 0.3) is 0 Å². The summed E-state index contributed by atoms with van der Waals surface area (Å²) in [6.45, 7) is 1.33. The maximum absolute atomic E-state index is 11.9. The smallest absolute Gasteiger partial charge is 0.264 e. The maximum atomic E-state index is 11.9. The van der Waals surface area contributed by atoms with Crippen molar-refractivity contribution in [3.63, 3.8) is 0 Å². The number of thiophene rings is 1. The Balaban J connectivity index is 2.42. The third-order valence-corrected chi connectivity index (χ3v) is 3.82. The van der Waals surface area contributed by atoms with Crippen LogP contribution in [0.1, 0.15) is 9.67 Å². The first kappa shape index (κ1) is 15.1. The van der Waals surface area contributed by atoms with Gasteiger partial charge < -0.3 is 15.5 Å². The van der Waals surface area contributed by atoms with E-state index in [1.54, 1.807) is 13.1 Å². The number of hydrogen-bond donors (Lipinski definition) is 2. The van der Waals surface area contributed by atoms with E-state index in [2.05, 4.69) is 26.6 Å². The third kappa shape index (κ3) is 4.75. The van der Waals surface area contributed by atoms with Gasteiger partial charge in [-0.2, -0.15) is 0 Å². The van der Waals surface area contributed by atoms with E-state index in [1.165, 1.54) is 16.2 Å². The van der Waals surface area contributed by atoms with Crippen LogP contribution in [-0.4, -0.2) is 50.4 Å². The highest BCUT2D eigenvalue weighted by Gasteiger charge is 2.16. The summed E-state index contributed by atoms with van der Waals surface area (Å²) in [6.07, 6.45) is 0. The zero-order valence-corrected chi connectivity index (χ0v) is 12.7. The molecule has 0 aliphatic rings. The quantitative estimate of drug-likeness (QED) is 0.761. The lowest BCUT2D eigenvalue weighted by Gasteiger charge is -2.15. The van der Waals surface area contributed by atoms with Crippen LogP contribution in [0.5, 0.6) is 0 Å². The molecule has 0 saturated carbocycles. The van der Waals surface area contributed by atoms with Gasteiger partial charge in [0.25, 0.3) is 5.91 Å². The lowest BCUT2D eigenvalue weighted by atomic mass is 10.4. The van der Waals surface area contributed by atoms with Crippen molar-refractivity contribution in [3.8, 4) is 0 Å². The van der Waals surface area contributed by atoms with Gasteiger partial charge in [-0.3, -0.25) is 9.59 Å². The van der Waals surface area contributed by atoms with Gasteiger partial charge in [-0.25, -0.2) is 0 Å². The molecule has 1 rings (SSSR count). The highest BCUT2D eigenvalue weighted by Crippen LogP contribution is 2.22. The van der Waals surface area contributed by atoms with Gasteiger partial charge >= 0.3 is 0 Å². The molecule has 7 heteroatoms. The van der Waals surface area contributed by atoms with E-state index in [4.69, 9.17) is 0 Å². The Bertz CT molecular complexity index is 422. The molecule has 1 aromatic heterocycles. The number of halogens is 1. The van der Waals surface area contributed by atoms with Gasteiger partial charge in [0, 0.05) is 20.1 Å². The van der Waals surface area contributed by atoms with Crippen molar-refractivity contribution in [3.05, 3.63) is 20.8 Å². The molecule has 0 aromatic carbocycles. The monoisotopic (exact) mass is 333 g/mol. The molecular weight excluding hydrogens is 318 g/mol. The van der Waals surface area contributed by atoms with Crippen LogP contribution in [0.2, 0.25) is 0 Å². The topological polar surface area (TPSA) is 61.4 Å². The molecule has 0 spiro atoms. The SMILES string of the molecule is CNCCNC(=O)CN(C)C(=O)c1ccc(Br)s1. The van der Waals surface area contributed by atoms with Gasteiger partial charge in [-0.1, -0.05) is 0 Å². The molecular formula is C11H16BrN3O2S. The molecule has 0 unspecified atom stereocenters. The first-order chi connectivity index (χ1) is 8.54. The van der Waals surface area contributed by atoms with Gasteiger partial charge in [0.1, 0.15) is 0 Å². The summed E-state index contributed by atoms with van der Waals surface area (Å²) in [4.78, 5) is 25.5. The van der Waals surface area contributed by atoms with Crippen molar-refractivity contribution in [2.75, 3.05) is 33.7 Å². The molecule has 1 aromatic rings. The minimum Gasteiger partial charge on any atom is -0.353 e. The second kappa shape index (κ2) is 7.50. The molecule has 0 fully saturated rings. The van der Waals surface area contributed by atoms with E-state index >= 15 is 0 Å². The van der Waals surface area contributed by atoms with Gasteiger partial charge in [0.15, 0.2) is 0 Å². The number of nitrogens with zero attached hydrogens (tertiary/aromatic N) is 1. The molecule has 0 atom stereocenters. The number of likely N-dealkylation sites (N-methyl/N-ethyl adjacent to an activating group) is 2. The number of carbonyl (C=O) groups is 2. The predicted molar refractivity (Wildman–Crippen MR) is 75.9 cm³/mol. The molecule has 5 nitrogen and oxygen atoms in total. The lowest BCUT2D eigenvalue weighted by Crippen LogP contribution is -2.40. The highest BCUT2D eigenvalue weighted by atomic mass is 79.9. The van der Waals surface area contributed by atoms with E-state index in [1.807, 2.05) is 13.1 Å². The van der Waals surface area contributed by atoms with Crippen molar-refractivity contribution in [1.29, 1.82) is 0 Å². The molecule has 0 aliphatic carbocycles. The van der Waals surface area contributed by atoms with E-state index in [9.17, 15) is 9.59 Å². The summed E-state index contributed by atoms with van der Waals surface area (Å²) in [7, 11) is 3.43. The number of hydrogen-bond acceptors (Lipinski definition) is 4. The minimum atomic E-state index is -0.156. The third-order valence-electron chi connectivity index (χ3n) is 2.21. The number of amides is 2. The van der Waals surface area contributed by atoms with Crippen LogP contribution in [0.3, 0.4) is 0 Å². The normalized spacial score (nSPS) is 10.2. The molecule has 1 heterocycles. The Labute approximate surface area is 119 Å². The fourth-order valence-corrected chi connectivity index (χ4v) is 2.67. The van der Waals surface area contributed by atoms with Gasteiger partial charge in [0.05, 0.1) is 15.2 Å². The molecule has 100 valence electrons. The molecule has 0 bridgehead atoms. The van der Waals surface area contributed by atoms with Crippen LogP contribution < -0.4 is 10.6 Å². The Morgan fingerprint density at radius 2 is 2.11 bits per heavy atom. The Hall–Kier alpha value is -0.920. The second-order valence-electron chi connectivity index (χ2n) is 3.72. The summed E-state index contributed by atoms with van der Waals surface area (Å²) < 4.78 is 0.901. The Morgan fingerprint density at radius 3 is 2.67 bits per heavy atom. The van der Waals surface area contributed by atoms with E-state index in [0.717, 1.165) is 3.79 Å². The van der Waals surface area contributed by atoms with Crippen LogP contribution in [-0.2, 0) is 4.79 Å². The maximum Gasteiger partial charge on any atom is 0.264 e. The largest absolute Gasteiger partial charge is 0.353 e. The fourth-order valence-electron chi connectivity index (χ4n) is 1.29. The first-order valence-corrected chi connectivity index (χ1v) is 7.07. The van der Waals surface area contributed by atoms with Crippen molar-refractivity contribution < 1.29 is 9.59 Å². The van der Waals surface area contributed by atoms with Crippen molar-refractivity contribution in [2.24, 2.45) is 0 Å². The van der Waals surface area contributed by atoms with Gasteiger partial charge in [-0.15, -0.1) is 11.3 Å². The summed E-state index contributed by atoms with van der Waals surface area (Å²) >= 11 is 4.66. The second-order valence-corrected chi connectivity index (χ2v) is 6.18. The standard InChI is InChI=1S/C11H16BrN3O2S/c1-13-5-6-14-10(16)7-15(2)11(17)8-3-4-9(12)18-8/h3-4,13H,5-7H2,1-2H3,(H,14,16). The van der Waals surface area contributed by atoms with Crippen LogP contribution in [0.15, 0.2) is 15.9 Å². The average Bonchev–Trinajstić information content (AvgIpc) is 2.75. The van der Waals surface area contributed by atoms with Crippen molar-refractivity contribution >= 4 is 39.1 Å². The lowest BCUT2D eigenvalue weighted by molar-refractivity contribution is -0.121. The van der Waals surface area contributed by atoms with E-state index in [-0.39, 0.29) is 18.4 Å². The van der Waals surface area contributed by atoms with E-state index < -0.39 is 0 Å². The zero-order chi connectivity index (χ0) is 13.5. The predicted octanol–water partition coefficient (Wildman–Crippen LogP) is 0.918. The van der Waals surface area contributed by atoms with Crippen LogP contribution >= 0.6 is 27.3 Å². The zero-order valence-electron chi connectivity index (χ0n) is 10.3. The van der Waals surface area contributed by atoms with Gasteiger partial charge in [-0.05, 0) is 35.1 Å². The summed E-state index contributed by atoms with van der Waals surface area (Å²) in [5.74, 6) is -0.300. The van der Waals surface area contributed by atoms with Gasteiger partial charge in [0.2, 0.25) is 5.91 Å². The van der Waals surface area contributed by atoms with Crippen molar-refractivity contribution in [2.45, 2.75) is 0 Å². The Kier molecular flexibility index (Phi) is 6.31.